The van der Waals surface area contributed by atoms with Gasteiger partial charge in [0.2, 0.25) is 0 Å². The summed E-state index contributed by atoms with van der Waals surface area (Å²) in [6.07, 6.45) is 0. The predicted molar refractivity (Wildman–Crippen MR) is 106 cm³/mol. The van der Waals surface area contributed by atoms with Gasteiger partial charge in [-0.05, 0) is 26.0 Å². The van der Waals surface area contributed by atoms with Crippen molar-refractivity contribution in [3.8, 4) is 11.5 Å². The minimum Gasteiger partial charge on any atom is -0.486 e. The smallest absolute Gasteiger partial charge is 0.257 e. The number of rotatable bonds is 4. The molecule has 1 aromatic heterocycles. The van der Waals surface area contributed by atoms with Crippen LogP contribution in [0.1, 0.15) is 23.1 Å². The van der Waals surface area contributed by atoms with Crippen LogP contribution in [0, 0.1) is 6.92 Å². The fourth-order valence-corrected chi connectivity index (χ4v) is 3.54. The van der Waals surface area contributed by atoms with E-state index in [1.165, 1.54) is 0 Å². The van der Waals surface area contributed by atoms with Gasteiger partial charge in [0.1, 0.15) is 30.7 Å². The Morgan fingerprint density at radius 1 is 1.14 bits per heavy atom. The molecule has 0 unspecified atom stereocenters. The van der Waals surface area contributed by atoms with Gasteiger partial charge in [0, 0.05) is 38.8 Å². The van der Waals surface area contributed by atoms with Crippen molar-refractivity contribution < 1.29 is 14.3 Å². The Morgan fingerprint density at radius 3 is 2.71 bits per heavy atom. The van der Waals surface area contributed by atoms with Crippen molar-refractivity contribution in [1.82, 2.24) is 14.9 Å². The van der Waals surface area contributed by atoms with Crippen LogP contribution in [0.2, 0.25) is 0 Å². The number of hydrogen-bond acceptors (Lipinski definition) is 7. The molecule has 0 aliphatic carbocycles. The maximum atomic E-state index is 13.0. The fourth-order valence-electron chi connectivity index (χ4n) is 3.54. The van der Waals surface area contributed by atoms with Crippen LogP contribution >= 0.6 is 0 Å². The van der Waals surface area contributed by atoms with Gasteiger partial charge in [-0.25, -0.2) is 9.97 Å². The minimum atomic E-state index is -0.0193. The molecule has 0 saturated carbocycles. The molecule has 0 bridgehead atoms. The second-order valence-electron chi connectivity index (χ2n) is 6.80. The zero-order chi connectivity index (χ0) is 19.5. The average Bonchev–Trinajstić information content (AvgIpc) is 2.73. The van der Waals surface area contributed by atoms with Gasteiger partial charge in [-0.2, -0.15) is 0 Å². The third kappa shape index (κ3) is 3.67. The van der Waals surface area contributed by atoms with Gasteiger partial charge in [-0.3, -0.25) is 4.79 Å². The van der Waals surface area contributed by atoms with E-state index in [9.17, 15) is 4.79 Å². The van der Waals surface area contributed by atoms with E-state index in [0.29, 0.717) is 43.4 Å². The molecular formula is C20H25N5O3. The Labute approximate surface area is 164 Å². The molecule has 2 aliphatic heterocycles. The van der Waals surface area contributed by atoms with Crippen LogP contribution in [0.25, 0.3) is 0 Å². The quantitative estimate of drug-likeness (QED) is 0.864. The summed E-state index contributed by atoms with van der Waals surface area (Å²) in [6, 6.07) is 7.44. The Morgan fingerprint density at radius 2 is 1.93 bits per heavy atom. The summed E-state index contributed by atoms with van der Waals surface area (Å²) >= 11 is 0. The molecule has 28 heavy (non-hydrogen) atoms. The number of ether oxygens (including phenoxy) is 2. The first-order valence-electron chi connectivity index (χ1n) is 9.68. The molecule has 1 fully saturated rings. The van der Waals surface area contributed by atoms with Crippen molar-refractivity contribution in [2.45, 2.75) is 13.8 Å². The van der Waals surface area contributed by atoms with Gasteiger partial charge >= 0.3 is 0 Å². The molecule has 3 heterocycles. The number of carbonyl (C=O) groups is 1. The van der Waals surface area contributed by atoms with Crippen molar-refractivity contribution >= 4 is 17.5 Å². The van der Waals surface area contributed by atoms with Gasteiger partial charge in [0.15, 0.2) is 11.5 Å². The summed E-state index contributed by atoms with van der Waals surface area (Å²) in [4.78, 5) is 26.1. The number of benzene rings is 1. The molecule has 1 aromatic carbocycles. The monoisotopic (exact) mass is 383 g/mol. The van der Waals surface area contributed by atoms with E-state index in [1.54, 1.807) is 6.07 Å². The Bertz CT molecular complexity index is 865. The summed E-state index contributed by atoms with van der Waals surface area (Å²) in [5.74, 6) is 3.64. The fraction of sp³-hybridized carbons (Fsp3) is 0.450. The predicted octanol–water partition coefficient (Wildman–Crippen LogP) is 1.95. The number of para-hydroxylation sites is 1. The third-order valence-corrected chi connectivity index (χ3v) is 4.87. The molecular weight excluding hydrogens is 358 g/mol. The summed E-state index contributed by atoms with van der Waals surface area (Å²) in [5.41, 5.74) is 0.568. The second-order valence-corrected chi connectivity index (χ2v) is 6.80. The molecule has 0 radical (unpaired) electrons. The van der Waals surface area contributed by atoms with Crippen molar-refractivity contribution in [2.75, 3.05) is 56.2 Å². The van der Waals surface area contributed by atoms with Crippen LogP contribution < -0.4 is 19.7 Å². The van der Waals surface area contributed by atoms with Crippen LogP contribution in [0.4, 0.5) is 11.6 Å². The normalized spacial score (nSPS) is 16.1. The standard InChI is InChI=1S/C20H25N5O3/c1-3-21-17-13-18(23-14(2)22-17)24-7-9-25(10-8-24)20(26)15-5-4-6-16-19(15)28-12-11-27-16/h4-6,13H,3,7-12H2,1-2H3,(H,21,22,23). The first-order valence-corrected chi connectivity index (χ1v) is 9.68. The number of hydrogen-bond donors (Lipinski definition) is 1. The van der Waals surface area contributed by atoms with E-state index in [4.69, 9.17) is 9.47 Å². The van der Waals surface area contributed by atoms with Crippen molar-refractivity contribution in [3.63, 3.8) is 0 Å². The molecule has 148 valence electrons. The molecule has 4 rings (SSSR count). The lowest BCUT2D eigenvalue weighted by Crippen LogP contribution is -2.49. The molecule has 1 N–H and O–H groups in total. The van der Waals surface area contributed by atoms with Gasteiger partial charge < -0.3 is 24.6 Å². The summed E-state index contributed by atoms with van der Waals surface area (Å²) in [7, 11) is 0. The van der Waals surface area contributed by atoms with Gasteiger partial charge in [0.05, 0.1) is 5.56 Å². The lowest BCUT2D eigenvalue weighted by atomic mass is 10.1. The molecule has 0 atom stereocenters. The molecule has 8 heteroatoms. The lowest BCUT2D eigenvalue weighted by molar-refractivity contribution is 0.0736. The zero-order valence-electron chi connectivity index (χ0n) is 16.3. The van der Waals surface area contributed by atoms with E-state index in [2.05, 4.69) is 20.2 Å². The van der Waals surface area contributed by atoms with Crippen LogP contribution in [-0.2, 0) is 0 Å². The number of aryl methyl sites for hydroxylation is 1. The molecule has 1 amide bonds. The highest BCUT2D eigenvalue weighted by Gasteiger charge is 2.27. The van der Waals surface area contributed by atoms with Crippen LogP contribution in [0.3, 0.4) is 0 Å². The number of aromatic nitrogens is 2. The van der Waals surface area contributed by atoms with E-state index in [0.717, 1.165) is 37.1 Å². The Hall–Kier alpha value is -3.03. The topological polar surface area (TPSA) is 79.8 Å². The number of fused-ring (bicyclic) bond motifs is 1. The van der Waals surface area contributed by atoms with Crippen molar-refractivity contribution in [2.24, 2.45) is 0 Å². The summed E-state index contributed by atoms with van der Waals surface area (Å²) in [5, 5.41) is 3.24. The molecule has 8 nitrogen and oxygen atoms in total. The first kappa shape index (κ1) is 18.3. The highest BCUT2D eigenvalue weighted by Crippen LogP contribution is 2.34. The summed E-state index contributed by atoms with van der Waals surface area (Å²) in [6.45, 7) is 8.42. The number of anilines is 2. The van der Waals surface area contributed by atoms with Gasteiger partial charge in [-0.1, -0.05) is 6.07 Å². The lowest BCUT2D eigenvalue weighted by Gasteiger charge is -2.36. The minimum absolute atomic E-state index is 0.0193. The average molecular weight is 383 g/mol. The van der Waals surface area contributed by atoms with Crippen LogP contribution in [0.15, 0.2) is 24.3 Å². The molecule has 1 saturated heterocycles. The maximum absolute atomic E-state index is 13.0. The van der Waals surface area contributed by atoms with Crippen LogP contribution in [0.5, 0.6) is 11.5 Å². The first-order chi connectivity index (χ1) is 13.7. The zero-order valence-corrected chi connectivity index (χ0v) is 16.3. The largest absolute Gasteiger partial charge is 0.486 e. The van der Waals surface area contributed by atoms with E-state index in [-0.39, 0.29) is 5.91 Å². The van der Waals surface area contributed by atoms with E-state index < -0.39 is 0 Å². The molecule has 2 aromatic rings. The highest BCUT2D eigenvalue weighted by atomic mass is 16.6. The number of amides is 1. The molecule has 2 aliphatic rings. The number of nitrogens with one attached hydrogen (secondary N) is 1. The van der Waals surface area contributed by atoms with Gasteiger partial charge in [-0.15, -0.1) is 0 Å². The van der Waals surface area contributed by atoms with Gasteiger partial charge in [0.25, 0.3) is 5.91 Å². The number of carbonyl (C=O) groups excluding carboxylic acids is 1. The Kier molecular flexibility index (Phi) is 5.18. The second kappa shape index (κ2) is 7.92. The SMILES string of the molecule is CCNc1cc(N2CCN(C(=O)c3cccc4c3OCCO4)CC2)nc(C)n1. The highest BCUT2D eigenvalue weighted by molar-refractivity contribution is 5.98. The third-order valence-electron chi connectivity index (χ3n) is 4.87. The van der Waals surface area contributed by atoms with Crippen molar-refractivity contribution in [1.29, 1.82) is 0 Å². The maximum Gasteiger partial charge on any atom is 0.257 e. The van der Waals surface area contributed by atoms with E-state index in [1.807, 2.05) is 36.9 Å². The number of nitrogens with zero attached hydrogens (tertiary/aromatic N) is 4. The Balaban J connectivity index is 1.45. The van der Waals surface area contributed by atoms with E-state index >= 15 is 0 Å². The summed E-state index contributed by atoms with van der Waals surface area (Å²) < 4.78 is 11.3. The van der Waals surface area contributed by atoms with Crippen LogP contribution in [-0.4, -0.2) is 66.7 Å². The van der Waals surface area contributed by atoms with Crippen molar-refractivity contribution in [3.05, 3.63) is 35.7 Å². The number of piperazine rings is 1. The molecule has 0 spiro atoms.